The van der Waals surface area contributed by atoms with Gasteiger partial charge in [-0.25, -0.2) is 0 Å². The van der Waals surface area contributed by atoms with Gasteiger partial charge >= 0.3 is 0 Å². The third-order valence-electron chi connectivity index (χ3n) is 5.51. The van der Waals surface area contributed by atoms with Gasteiger partial charge in [0.1, 0.15) is 11.9 Å². The van der Waals surface area contributed by atoms with Gasteiger partial charge in [-0.3, -0.25) is 14.7 Å². The molecular formula is C16H22N8O2. The second-order valence-corrected chi connectivity index (χ2v) is 7.12. The second kappa shape index (κ2) is 6.50. The minimum atomic E-state index is -0.0803. The highest BCUT2D eigenvalue weighted by Gasteiger charge is 2.42. The first kappa shape index (κ1) is 16.7. The van der Waals surface area contributed by atoms with E-state index >= 15 is 0 Å². The summed E-state index contributed by atoms with van der Waals surface area (Å²) in [7, 11) is 0. The summed E-state index contributed by atoms with van der Waals surface area (Å²) < 4.78 is 1.40. The molecule has 2 aromatic rings. The number of aromatic amines is 1. The lowest BCUT2D eigenvalue weighted by atomic mass is 9.73. The fraction of sp³-hybridized carbons (Fsp3) is 0.625. The average Bonchev–Trinajstić information content (AvgIpc) is 3.34. The lowest BCUT2D eigenvalue weighted by molar-refractivity contribution is -0.138. The van der Waals surface area contributed by atoms with Crippen molar-refractivity contribution in [3.8, 4) is 5.82 Å². The van der Waals surface area contributed by atoms with Crippen LogP contribution >= 0.6 is 0 Å². The van der Waals surface area contributed by atoms with Crippen LogP contribution < -0.4 is 0 Å². The number of H-pyrrole nitrogens is 1. The van der Waals surface area contributed by atoms with Crippen molar-refractivity contribution < 1.29 is 9.59 Å². The van der Waals surface area contributed by atoms with E-state index < -0.39 is 0 Å². The molecular weight excluding hydrogens is 336 g/mol. The van der Waals surface area contributed by atoms with Crippen molar-refractivity contribution >= 4 is 11.8 Å². The first-order chi connectivity index (χ1) is 12.6. The number of likely N-dealkylation sites (tertiary alicyclic amines) is 2. The summed E-state index contributed by atoms with van der Waals surface area (Å²) in [5.74, 6) is 0.606. The number of hydrogen-bond acceptors (Lipinski definition) is 6. The lowest BCUT2D eigenvalue weighted by Crippen LogP contribution is -2.55. The van der Waals surface area contributed by atoms with Crippen LogP contribution in [0.15, 0.2) is 12.5 Å². The van der Waals surface area contributed by atoms with Gasteiger partial charge in [-0.15, -0.1) is 5.10 Å². The molecule has 0 bridgehead atoms. The fourth-order valence-corrected chi connectivity index (χ4v) is 4.15. The quantitative estimate of drug-likeness (QED) is 0.841. The number of tetrazole rings is 1. The molecule has 138 valence electrons. The van der Waals surface area contributed by atoms with Crippen LogP contribution in [0.2, 0.25) is 0 Å². The van der Waals surface area contributed by atoms with Crippen LogP contribution in [0.4, 0.5) is 0 Å². The summed E-state index contributed by atoms with van der Waals surface area (Å²) in [6.45, 7) is 4.83. The largest absolute Gasteiger partial charge is 0.342 e. The van der Waals surface area contributed by atoms with Crippen molar-refractivity contribution in [2.24, 2.45) is 5.41 Å². The lowest BCUT2D eigenvalue weighted by Gasteiger charge is -2.48. The smallest absolute Gasteiger partial charge is 0.259 e. The Labute approximate surface area is 150 Å². The number of carbonyl (C=O) groups is 2. The highest BCUT2D eigenvalue weighted by atomic mass is 16.2. The molecule has 2 aliphatic heterocycles. The number of aromatic nitrogens is 6. The predicted octanol–water partition coefficient (Wildman–Crippen LogP) is 0.250. The van der Waals surface area contributed by atoms with Gasteiger partial charge in [0.05, 0.1) is 6.20 Å². The Morgan fingerprint density at radius 1 is 1.35 bits per heavy atom. The van der Waals surface area contributed by atoms with Crippen molar-refractivity contribution in [2.75, 3.05) is 26.2 Å². The van der Waals surface area contributed by atoms with Crippen molar-refractivity contribution in [3.63, 3.8) is 0 Å². The molecule has 1 N–H and O–H groups in total. The van der Waals surface area contributed by atoms with E-state index in [-0.39, 0.29) is 17.2 Å². The zero-order valence-corrected chi connectivity index (χ0v) is 14.8. The van der Waals surface area contributed by atoms with Crippen LogP contribution in [0.25, 0.3) is 5.82 Å². The SMILES string of the molecule is CCN1CC2(CCCN(C(=O)c3cn[nH]c3-n3cnnn3)C2)CCC1=O. The molecule has 0 saturated carbocycles. The predicted molar refractivity (Wildman–Crippen MR) is 90.4 cm³/mol. The van der Waals surface area contributed by atoms with Crippen LogP contribution in [0.3, 0.4) is 0 Å². The van der Waals surface area contributed by atoms with Crippen LogP contribution in [0, 0.1) is 5.41 Å². The fourth-order valence-electron chi connectivity index (χ4n) is 4.15. The van der Waals surface area contributed by atoms with E-state index in [1.807, 2.05) is 16.7 Å². The number of carbonyl (C=O) groups excluding carboxylic acids is 2. The zero-order valence-electron chi connectivity index (χ0n) is 14.8. The monoisotopic (exact) mass is 358 g/mol. The molecule has 2 aromatic heterocycles. The van der Waals surface area contributed by atoms with E-state index in [1.165, 1.54) is 17.2 Å². The molecule has 0 radical (unpaired) electrons. The number of nitrogens with one attached hydrogen (secondary N) is 1. The van der Waals surface area contributed by atoms with E-state index in [0.717, 1.165) is 32.4 Å². The van der Waals surface area contributed by atoms with Crippen molar-refractivity contribution in [1.29, 1.82) is 0 Å². The third-order valence-corrected chi connectivity index (χ3v) is 5.51. The molecule has 2 fully saturated rings. The van der Waals surface area contributed by atoms with Crippen LogP contribution in [-0.2, 0) is 4.79 Å². The molecule has 0 aliphatic carbocycles. The molecule has 1 unspecified atom stereocenters. The van der Waals surface area contributed by atoms with Crippen LogP contribution in [-0.4, -0.2) is 78.2 Å². The van der Waals surface area contributed by atoms with Gasteiger partial charge in [-0.2, -0.15) is 9.78 Å². The van der Waals surface area contributed by atoms with Gasteiger partial charge in [0.15, 0.2) is 5.82 Å². The highest BCUT2D eigenvalue weighted by molar-refractivity contribution is 5.97. The van der Waals surface area contributed by atoms with Crippen molar-refractivity contribution in [1.82, 2.24) is 40.2 Å². The Hall–Kier alpha value is -2.78. The molecule has 4 heterocycles. The molecule has 2 aliphatic rings. The molecule has 26 heavy (non-hydrogen) atoms. The summed E-state index contributed by atoms with van der Waals surface area (Å²) in [6, 6.07) is 0. The third kappa shape index (κ3) is 2.85. The van der Waals surface area contributed by atoms with Crippen molar-refractivity contribution in [3.05, 3.63) is 18.1 Å². The van der Waals surface area contributed by atoms with E-state index in [0.29, 0.717) is 30.9 Å². The summed E-state index contributed by atoms with van der Waals surface area (Å²) in [5.41, 5.74) is 0.449. The van der Waals surface area contributed by atoms with Gasteiger partial charge in [0.2, 0.25) is 5.91 Å². The Morgan fingerprint density at radius 3 is 3.00 bits per heavy atom. The summed E-state index contributed by atoms with van der Waals surface area (Å²) in [6.07, 6.45) is 6.34. The number of rotatable bonds is 3. The van der Waals surface area contributed by atoms with E-state index in [1.54, 1.807) is 0 Å². The maximum atomic E-state index is 13.1. The number of amides is 2. The first-order valence-corrected chi connectivity index (χ1v) is 8.96. The summed E-state index contributed by atoms with van der Waals surface area (Å²) in [4.78, 5) is 29.0. The number of piperidine rings is 2. The Bertz CT molecular complexity index is 801. The van der Waals surface area contributed by atoms with Gasteiger partial charge in [-0.05, 0) is 36.6 Å². The normalized spacial score (nSPS) is 23.7. The van der Waals surface area contributed by atoms with Gasteiger partial charge in [0, 0.05) is 38.0 Å². The molecule has 1 spiro atoms. The molecule has 2 amide bonds. The second-order valence-electron chi connectivity index (χ2n) is 7.12. The number of hydrogen-bond donors (Lipinski definition) is 1. The van der Waals surface area contributed by atoms with Gasteiger partial charge < -0.3 is 9.80 Å². The standard InChI is InChI=1S/C16H22N8O2/c1-2-22-9-16(6-4-13(22)25)5-3-7-23(10-16)15(26)12-8-17-19-14(12)24-11-18-20-21-24/h8,11H,2-7,9-10H2,1H3,(H,17,19). The summed E-state index contributed by atoms with van der Waals surface area (Å²) in [5, 5.41) is 17.8. The Kier molecular flexibility index (Phi) is 4.17. The number of nitrogens with zero attached hydrogens (tertiary/aromatic N) is 7. The minimum Gasteiger partial charge on any atom is -0.342 e. The van der Waals surface area contributed by atoms with E-state index in [9.17, 15) is 9.59 Å². The highest BCUT2D eigenvalue weighted by Crippen LogP contribution is 2.39. The van der Waals surface area contributed by atoms with Crippen LogP contribution in [0.1, 0.15) is 43.0 Å². The Balaban J connectivity index is 1.55. The van der Waals surface area contributed by atoms with Crippen molar-refractivity contribution in [2.45, 2.75) is 32.6 Å². The van der Waals surface area contributed by atoms with Gasteiger partial charge in [0.25, 0.3) is 5.91 Å². The first-order valence-electron chi connectivity index (χ1n) is 8.96. The molecule has 1 atom stereocenters. The van der Waals surface area contributed by atoms with E-state index in [4.69, 9.17) is 0 Å². The molecule has 4 rings (SSSR count). The van der Waals surface area contributed by atoms with Gasteiger partial charge in [-0.1, -0.05) is 0 Å². The minimum absolute atomic E-state index is 0.00343. The zero-order chi connectivity index (χ0) is 18.1. The maximum absolute atomic E-state index is 13.1. The summed E-state index contributed by atoms with van der Waals surface area (Å²) >= 11 is 0. The topological polar surface area (TPSA) is 113 Å². The van der Waals surface area contributed by atoms with Crippen LogP contribution in [0.5, 0.6) is 0 Å². The molecule has 10 heteroatoms. The molecule has 2 saturated heterocycles. The molecule has 0 aromatic carbocycles. The van der Waals surface area contributed by atoms with E-state index in [2.05, 4.69) is 25.7 Å². The maximum Gasteiger partial charge on any atom is 0.259 e. The average molecular weight is 358 g/mol. The Morgan fingerprint density at radius 2 is 2.23 bits per heavy atom. The molecule has 10 nitrogen and oxygen atoms in total.